The van der Waals surface area contributed by atoms with E-state index in [4.69, 9.17) is 5.73 Å². The highest BCUT2D eigenvalue weighted by atomic mass is 79.9. The Morgan fingerprint density at radius 1 is 1.45 bits per heavy atom. The SMILES string of the molecule is Cc1cc(CCC(=O)N2CCCCC2C(C)N)ccc1Br.Cl. The van der Waals surface area contributed by atoms with Gasteiger partial charge in [0.2, 0.25) is 5.91 Å². The van der Waals surface area contributed by atoms with Crippen LogP contribution >= 0.6 is 28.3 Å². The van der Waals surface area contributed by atoms with Crippen LogP contribution in [0.4, 0.5) is 0 Å². The molecule has 1 heterocycles. The Bertz CT molecular complexity index is 507. The molecule has 1 aromatic rings. The minimum absolute atomic E-state index is 0. The number of carbonyl (C=O) groups is 1. The van der Waals surface area contributed by atoms with E-state index in [1.807, 2.05) is 11.8 Å². The molecule has 1 aliphatic heterocycles. The topological polar surface area (TPSA) is 46.3 Å². The van der Waals surface area contributed by atoms with E-state index in [-0.39, 0.29) is 30.4 Å². The molecule has 2 N–H and O–H groups in total. The zero-order chi connectivity index (χ0) is 15.4. The van der Waals surface area contributed by atoms with Gasteiger partial charge in [-0.1, -0.05) is 28.1 Å². The quantitative estimate of drug-likeness (QED) is 0.850. The summed E-state index contributed by atoms with van der Waals surface area (Å²) in [6.45, 7) is 4.95. The van der Waals surface area contributed by atoms with Crippen molar-refractivity contribution in [2.45, 2.75) is 58.0 Å². The first-order chi connectivity index (χ1) is 9.99. The summed E-state index contributed by atoms with van der Waals surface area (Å²) in [6, 6.07) is 6.57. The van der Waals surface area contributed by atoms with Gasteiger partial charge in [-0.05, 0) is 56.7 Å². The Labute approximate surface area is 148 Å². The Balaban J connectivity index is 0.00000242. The van der Waals surface area contributed by atoms with Crippen LogP contribution in [-0.4, -0.2) is 29.4 Å². The van der Waals surface area contributed by atoms with Gasteiger partial charge in [0, 0.05) is 29.5 Å². The molecule has 0 bridgehead atoms. The van der Waals surface area contributed by atoms with E-state index in [0.717, 1.165) is 30.3 Å². The molecule has 0 saturated carbocycles. The molecule has 2 atom stereocenters. The normalized spacial score (nSPS) is 19.5. The third kappa shape index (κ3) is 4.97. The molecule has 0 aromatic heterocycles. The van der Waals surface area contributed by atoms with Crippen molar-refractivity contribution < 1.29 is 4.79 Å². The summed E-state index contributed by atoms with van der Waals surface area (Å²) in [6.07, 6.45) is 4.70. The second-order valence-corrected chi connectivity index (χ2v) is 6.95. The van der Waals surface area contributed by atoms with Crippen molar-refractivity contribution in [2.24, 2.45) is 5.73 Å². The average Bonchev–Trinajstić information content (AvgIpc) is 2.48. The van der Waals surface area contributed by atoms with Crippen molar-refractivity contribution in [3.05, 3.63) is 33.8 Å². The van der Waals surface area contributed by atoms with Crippen LogP contribution in [0.5, 0.6) is 0 Å². The lowest BCUT2D eigenvalue weighted by molar-refractivity contribution is -0.135. The van der Waals surface area contributed by atoms with Crippen molar-refractivity contribution >= 4 is 34.2 Å². The first kappa shape index (κ1) is 19.5. The molecule has 0 spiro atoms. The standard InChI is InChI=1S/C17H25BrN2O.ClH/c1-12-11-14(6-8-15(12)18)7-9-17(21)20-10-4-3-5-16(20)13(2)19;/h6,8,11,13,16H,3-5,7,9-10,19H2,1-2H3;1H. The summed E-state index contributed by atoms with van der Waals surface area (Å²) < 4.78 is 1.12. The predicted octanol–water partition coefficient (Wildman–Crippen LogP) is 3.84. The van der Waals surface area contributed by atoms with Gasteiger partial charge in [-0.3, -0.25) is 4.79 Å². The molecule has 5 heteroatoms. The highest BCUT2D eigenvalue weighted by Crippen LogP contribution is 2.21. The first-order valence-electron chi connectivity index (χ1n) is 7.79. The fourth-order valence-corrected chi connectivity index (χ4v) is 3.32. The number of aryl methyl sites for hydroxylation is 2. The zero-order valence-corrected chi connectivity index (χ0v) is 15.8. The molecule has 22 heavy (non-hydrogen) atoms. The fraction of sp³-hybridized carbons (Fsp3) is 0.588. The smallest absolute Gasteiger partial charge is 0.223 e. The monoisotopic (exact) mass is 388 g/mol. The molecule has 2 rings (SSSR count). The molecule has 1 aliphatic rings. The number of rotatable bonds is 4. The van der Waals surface area contributed by atoms with Gasteiger partial charge >= 0.3 is 0 Å². The fourth-order valence-electron chi connectivity index (χ4n) is 3.07. The molecule has 1 amide bonds. The van der Waals surface area contributed by atoms with E-state index < -0.39 is 0 Å². The van der Waals surface area contributed by atoms with Gasteiger partial charge in [0.15, 0.2) is 0 Å². The number of piperidine rings is 1. The number of benzene rings is 1. The van der Waals surface area contributed by atoms with Crippen molar-refractivity contribution in [2.75, 3.05) is 6.54 Å². The summed E-state index contributed by atoms with van der Waals surface area (Å²) in [4.78, 5) is 14.5. The van der Waals surface area contributed by atoms with Gasteiger partial charge in [0.1, 0.15) is 0 Å². The van der Waals surface area contributed by atoms with Crippen LogP contribution < -0.4 is 5.73 Å². The van der Waals surface area contributed by atoms with E-state index in [9.17, 15) is 4.79 Å². The molecule has 0 aliphatic carbocycles. The van der Waals surface area contributed by atoms with Gasteiger partial charge in [0.25, 0.3) is 0 Å². The summed E-state index contributed by atoms with van der Waals surface area (Å²) >= 11 is 3.51. The lowest BCUT2D eigenvalue weighted by Gasteiger charge is -2.38. The third-order valence-corrected chi connectivity index (χ3v) is 5.22. The molecule has 1 saturated heterocycles. The minimum atomic E-state index is 0. The van der Waals surface area contributed by atoms with Gasteiger partial charge in [-0.25, -0.2) is 0 Å². The Morgan fingerprint density at radius 2 is 2.18 bits per heavy atom. The lowest BCUT2D eigenvalue weighted by atomic mass is 9.96. The van der Waals surface area contributed by atoms with Crippen LogP contribution in [0.25, 0.3) is 0 Å². The van der Waals surface area contributed by atoms with E-state index in [0.29, 0.717) is 6.42 Å². The minimum Gasteiger partial charge on any atom is -0.338 e. The third-order valence-electron chi connectivity index (χ3n) is 4.33. The van der Waals surface area contributed by atoms with Crippen LogP contribution in [0.2, 0.25) is 0 Å². The molecule has 1 aromatic carbocycles. The summed E-state index contributed by atoms with van der Waals surface area (Å²) in [5.74, 6) is 0.248. The maximum absolute atomic E-state index is 12.5. The van der Waals surface area contributed by atoms with Crippen LogP contribution in [0, 0.1) is 6.92 Å². The molecule has 0 radical (unpaired) electrons. The Kier molecular flexibility index (Phi) is 7.87. The predicted molar refractivity (Wildman–Crippen MR) is 97.4 cm³/mol. The molecule has 2 unspecified atom stereocenters. The van der Waals surface area contributed by atoms with Gasteiger partial charge in [-0.2, -0.15) is 0 Å². The summed E-state index contributed by atoms with van der Waals surface area (Å²) in [5, 5.41) is 0. The van der Waals surface area contributed by atoms with E-state index in [2.05, 4.69) is 41.1 Å². The average molecular weight is 390 g/mol. The second kappa shape index (κ2) is 8.90. The number of carbonyl (C=O) groups excluding carboxylic acids is 1. The number of likely N-dealkylation sites (tertiary alicyclic amines) is 1. The highest BCUT2D eigenvalue weighted by molar-refractivity contribution is 9.10. The Morgan fingerprint density at radius 3 is 2.82 bits per heavy atom. The van der Waals surface area contributed by atoms with Crippen molar-refractivity contribution in [3.63, 3.8) is 0 Å². The first-order valence-corrected chi connectivity index (χ1v) is 8.58. The van der Waals surface area contributed by atoms with Crippen molar-refractivity contribution in [1.29, 1.82) is 0 Å². The van der Waals surface area contributed by atoms with Crippen LogP contribution in [0.3, 0.4) is 0 Å². The number of hydrogen-bond acceptors (Lipinski definition) is 2. The summed E-state index contributed by atoms with van der Waals surface area (Å²) in [5.41, 5.74) is 8.47. The Hall–Kier alpha value is -0.580. The van der Waals surface area contributed by atoms with Crippen LogP contribution in [0.15, 0.2) is 22.7 Å². The number of amides is 1. The molecular formula is C17H26BrClN2O. The maximum Gasteiger partial charge on any atom is 0.223 e. The summed E-state index contributed by atoms with van der Waals surface area (Å²) in [7, 11) is 0. The molecular weight excluding hydrogens is 364 g/mol. The maximum atomic E-state index is 12.5. The van der Waals surface area contributed by atoms with Crippen LogP contribution in [-0.2, 0) is 11.2 Å². The lowest BCUT2D eigenvalue weighted by Crippen LogP contribution is -2.51. The van der Waals surface area contributed by atoms with E-state index >= 15 is 0 Å². The van der Waals surface area contributed by atoms with Crippen molar-refractivity contribution in [1.82, 2.24) is 4.90 Å². The number of hydrogen-bond donors (Lipinski definition) is 1. The number of halogens is 2. The molecule has 1 fully saturated rings. The van der Waals surface area contributed by atoms with Gasteiger partial charge in [-0.15, -0.1) is 12.4 Å². The van der Waals surface area contributed by atoms with E-state index in [1.54, 1.807) is 0 Å². The van der Waals surface area contributed by atoms with Crippen LogP contribution in [0.1, 0.15) is 43.7 Å². The largest absolute Gasteiger partial charge is 0.338 e. The molecule has 124 valence electrons. The number of nitrogens with zero attached hydrogens (tertiary/aromatic N) is 1. The highest BCUT2D eigenvalue weighted by Gasteiger charge is 2.28. The second-order valence-electron chi connectivity index (χ2n) is 6.09. The van der Waals surface area contributed by atoms with Gasteiger partial charge in [0.05, 0.1) is 0 Å². The number of nitrogens with two attached hydrogens (primary N) is 1. The zero-order valence-electron chi connectivity index (χ0n) is 13.3. The molecule has 3 nitrogen and oxygen atoms in total. The van der Waals surface area contributed by atoms with Crippen molar-refractivity contribution in [3.8, 4) is 0 Å². The van der Waals surface area contributed by atoms with Gasteiger partial charge < -0.3 is 10.6 Å². The van der Waals surface area contributed by atoms with E-state index in [1.165, 1.54) is 17.5 Å².